The lowest BCUT2D eigenvalue weighted by Gasteiger charge is -2.14. The van der Waals surface area contributed by atoms with Crippen molar-refractivity contribution in [1.82, 2.24) is 9.78 Å². The number of hydrogen-bond donors (Lipinski definition) is 1. The monoisotopic (exact) mass is 196 g/mol. The molecule has 1 aromatic heterocycles. The summed E-state index contributed by atoms with van der Waals surface area (Å²) in [4.78, 5) is 10.6. The molecule has 0 amide bonds. The lowest BCUT2D eigenvalue weighted by molar-refractivity contribution is -0.138. The van der Waals surface area contributed by atoms with Gasteiger partial charge in [0.15, 0.2) is 0 Å². The molecule has 14 heavy (non-hydrogen) atoms. The highest BCUT2D eigenvalue weighted by Crippen LogP contribution is 2.17. The standard InChI is InChI=1S/C10H16N2O2/c1-4-9(6-10(13)14)12-8(3)5-7(2)11-12/h5,9H,4,6H2,1-3H3,(H,13,14). The van der Waals surface area contributed by atoms with Crippen LogP contribution in [-0.2, 0) is 4.79 Å². The molecule has 1 rings (SSSR count). The summed E-state index contributed by atoms with van der Waals surface area (Å²) in [5.41, 5.74) is 1.96. The van der Waals surface area contributed by atoms with E-state index >= 15 is 0 Å². The number of hydrogen-bond acceptors (Lipinski definition) is 2. The third-order valence-corrected chi connectivity index (χ3v) is 2.27. The van der Waals surface area contributed by atoms with E-state index in [0.717, 1.165) is 17.8 Å². The van der Waals surface area contributed by atoms with Crippen molar-refractivity contribution in [1.29, 1.82) is 0 Å². The molecular formula is C10H16N2O2. The van der Waals surface area contributed by atoms with Gasteiger partial charge in [-0.1, -0.05) is 6.92 Å². The fraction of sp³-hybridized carbons (Fsp3) is 0.600. The van der Waals surface area contributed by atoms with Crippen LogP contribution in [0.2, 0.25) is 0 Å². The fourth-order valence-corrected chi connectivity index (χ4v) is 1.62. The summed E-state index contributed by atoms with van der Waals surface area (Å²) in [5.74, 6) is -0.774. The predicted octanol–water partition coefficient (Wildman–Crippen LogP) is 1.93. The van der Waals surface area contributed by atoms with Crippen LogP contribution in [-0.4, -0.2) is 20.9 Å². The molecule has 0 bridgehead atoms. The second-order valence-corrected chi connectivity index (χ2v) is 3.53. The van der Waals surface area contributed by atoms with E-state index in [0.29, 0.717) is 0 Å². The van der Waals surface area contributed by atoms with Crippen LogP contribution in [0.1, 0.15) is 37.2 Å². The van der Waals surface area contributed by atoms with Gasteiger partial charge in [-0.05, 0) is 26.3 Å². The number of carbonyl (C=O) groups is 1. The number of carboxylic acids is 1. The summed E-state index contributed by atoms with van der Waals surface area (Å²) in [6, 6.07) is 1.94. The molecule has 1 heterocycles. The van der Waals surface area contributed by atoms with Gasteiger partial charge in [0, 0.05) is 5.69 Å². The first-order valence-electron chi connectivity index (χ1n) is 4.79. The van der Waals surface area contributed by atoms with Crippen LogP contribution in [0.15, 0.2) is 6.07 Å². The quantitative estimate of drug-likeness (QED) is 0.800. The summed E-state index contributed by atoms with van der Waals surface area (Å²) < 4.78 is 1.81. The first kappa shape index (κ1) is 10.8. The maximum absolute atomic E-state index is 10.6. The van der Waals surface area contributed by atoms with Crippen LogP contribution in [0.3, 0.4) is 0 Å². The fourth-order valence-electron chi connectivity index (χ4n) is 1.62. The topological polar surface area (TPSA) is 55.1 Å². The third-order valence-electron chi connectivity index (χ3n) is 2.27. The van der Waals surface area contributed by atoms with Crippen molar-refractivity contribution in [3.05, 3.63) is 17.5 Å². The maximum Gasteiger partial charge on any atom is 0.305 e. The molecule has 0 saturated heterocycles. The van der Waals surface area contributed by atoms with E-state index in [4.69, 9.17) is 5.11 Å². The van der Waals surface area contributed by atoms with Crippen molar-refractivity contribution in [3.8, 4) is 0 Å². The predicted molar refractivity (Wildman–Crippen MR) is 53.3 cm³/mol. The SMILES string of the molecule is CCC(CC(=O)O)n1nc(C)cc1C. The van der Waals surface area contributed by atoms with Gasteiger partial charge in [0.05, 0.1) is 18.2 Å². The molecule has 0 aliphatic carbocycles. The molecule has 0 aliphatic heterocycles. The van der Waals surface area contributed by atoms with Crippen molar-refractivity contribution in [2.24, 2.45) is 0 Å². The lowest BCUT2D eigenvalue weighted by atomic mass is 10.1. The van der Waals surface area contributed by atoms with Crippen molar-refractivity contribution < 1.29 is 9.90 Å². The molecular weight excluding hydrogens is 180 g/mol. The molecule has 0 aromatic carbocycles. The van der Waals surface area contributed by atoms with Crippen LogP contribution in [0.5, 0.6) is 0 Å². The zero-order chi connectivity index (χ0) is 10.7. The van der Waals surface area contributed by atoms with Crippen LogP contribution >= 0.6 is 0 Å². The number of carboxylic acid groups (broad SMARTS) is 1. The summed E-state index contributed by atoms with van der Waals surface area (Å²) in [5, 5.41) is 13.0. The Balaban J connectivity index is 2.88. The Labute approximate surface area is 83.5 Å². The highest BCUT2D eigenvalue weighted by Gasteiger charge is 2.15. The molecule has 4 heteroatoms. The summed E-state index contributed by atoms with van der Waals surface area (Å²) in [6.45, 7) is 5.84. The molecule has 0 aliphatic rings. The molecule has 1 N–H and O–H groups in total. The Morgan fingerprint density at radius 1 is 1.64 bits per heavy atom. The first-order valence-corrected chi connectivity index (χ1v) is 4.79. The van der Waals surface area contributed by atoms with Gasteiger partial charge in [0.25, 0.3) is 0 Å². The van der Waals surface area contributed by atoms with E-state index in [-0.39, 0.29) is 12.5 Å². The molecule has 1 atom stereocenters. The number of nitrogens with zero attached hydrogens (tertiary/aromatic N) is 2. The second kappa shape index (κ2) is 4.26. The van der Waals surface area contributed by atoms with Crippen LogP contribution < -0.4 is 0 Å². The molecule has 0 radical (unpaired) electrons. The largest absolute Gasteiger partial charge is 0.481 e. The van der Waals surface area contributed by atoms with E-state index in [1.807, 2.05) is 31.5 Å². The minimum atomic E-state index is -0.774. The van der Waals surface area contributed by atoms with E-state index in [2.05, 4.69) is 5.10 Å². The second-order valence-electron chi connectivity index (χ2n) is 3.53. The van der Waals surface area contributed by atoms with Crippen molar-refractivity contribution >= 4 is 5.97 Å². The third kappa shape index (κ3) is 2.34. The van der Waals surface area contributed by atoms with Crippen molar-refractivity contribution in [2.45, 2.75) is 39.7 Å². The van der Waals surface area contributed by atoms with Gasteiger partial charge in [0.1, 0.15) is 0 Å². The Morgan fingerprint density at radius 2 is 2.29 bits per heavy atom. The lowest BCUT2D eigenvalue weighted by Crippen LogP contribution is -2.15. The molecule has 0 fully saturated rings. The zero-order valence-electron chi connectivity index (χ0n) is 8.82. The number of aryl methyl sites for hydroxylation is 2. The number of aromatic nitrogens is 2. The summed E-state index contributed by atoms with van der Waals surface area (Å²) in [7, 11) is 0. The Morgan fingerprint density at radius 3 is 2.64 bits per heavy atom. The molecule has 0 spiro atoms. The summed E-state index contributed by atoms with van der Waals surface area (Å²) in [6.07, 6.45) is 0.923. The normalized spacial score (nSPS) is 12.8. The highest BCUT2D eigenvalue weighted by molar-refractivity contribution is 5.67. The Kier molecular flexibility index (Phi) is 3.28. The van der Waals surface area contributed by atoms with E-state index in [1.165, 1.54) is 0 Å². The maximum atomic E-state index is 10.6. The van der Waals surface area contributed by atoms with Crippen LogP contribution in [0.25, 0.3) is 0 Å². The first-order chi connectivity index (χ1) is 6.54. The number of aliphatic carboxylic acids is 1. The van der Waals surface area contributed by atoms with Crippen LogP contribution in [0.4, 0.5) is 0 Å². The van der Waals surface area contributed by atoms with E-state index < -0.39 is 5.97 Å². The van der Waals surface area contributed by atoms with Gasteiger partial charge in [-0.2, -0.15) is 5.10 Å². The van der Waals surface area contributed by atoms with Gasteiger partial charge < -0.3 is 5.11 Å². The summed E-state index contributed by atoms with van der Waals surface area (Å²) >= 11 is 0. The Hall–Kier alpha value is -1.32. The van der Waals surface area contributed by atoms with Gasteiger partial charge >= 0.3 is 5.97 Å². The molecule has 78 valence electrons. The number of rotatable bonds is 4. The molecule has 1 unspecified atom stereocenters. The van der Waals surface area contributed by atoms with Crippen molar-refractivity contribution in [2.75, 3.05) is 0 Å². The molecule has 0 saturated carbocycles. The van der Waals surface area contributed by atoms with E-state index in [1.54, 1.807) is 0 Å². The zero-order valence-corrected chi connectivity index (χ0v) is 8.82. The minimum Gasteiger partial charge on any atom is -0.481 e. The Bertz CT molecular complexity index is 331. The van der Waals surface area contributed by atoms with Crippen LogP contribution in [0, 0.1) is 13.8 Å². The highest BCUT2D eigenvalue weighted by atomic mass is 16.4. The van der Waals surface area contributed by atoms with Gasteiger partial charge in [0.2, 0.25) is 0 Å². The average molecular weight is 196 g/mol. The molecule has 1 aromatic rings. The molecule has 4 nitrogen and oxygen atoms in total. The van der Waals surface area contributed by atoms with Gasteiger partial charge in [-0.25, -0.2) is 0 Å². The van der Waals surface area contributed by atoms with Gasteiger partial charge in [-0.15, -0.1) is 0 Å². The van der Waals surface area contributed by atoms with E-state index in [9.17, 15) is 4.79 Å². The van der Waals surface area contributed by atoms with Crippen molar-refractivity contribution in [3.63, 3.8) is 0 Å². The smallest absolute Gasteiger partial charge is 0.305 e. The average Bonchev–Trinajstić information content (AvgIpc) is 2.41. The minimum absolute atomic E-state index is 0.0267. The van der Waals surface area contributed by atoms with Gasteiger partial charge in [-0.3, -0.25) is 9.48 Å².